The van der Waals surface area contributed by atoms with Gasteiger partial charge in [0, 0.05) is 23.8 Å². The lowest BCUT2D eigenvalue weighted by molar-refractivity contribution is 0.0689. The molecule has 0 aliphatic carbocycles. The number of aromatic hydroxyl groups is 3. The highest BCUT2D eigenvalue weighted by Gasteiger charge is 2.25. The first kappa shape index (κ1) is 26.7. The number of aryl methyl sites for hydroxylation is 2. The van der Waals surface area contributed by atoms with Gasteiger partial charge in [-0.25, -0.2) is 14.4 Å². The zero-order valence-corrected chi connectivity index (χ0v) is 20.5. The molecule has 0 radical (unpaired) electrons. The molecule has 0 unspecified atom stereocenters. The summed E-state index contributed by atoms with van der Waals surface area (Å²) in [6.07, 6.45) is 0. The van der Waals surface area contributed by atoms with Crippen LogP contribution in [0, 0.1) is 20.8 Å². The number of carboxylic acid groups (broad SMARTS) is 1. The minimum absolute atomic E-state index is 0.121. The molecule has 0 spiro atoms. The number of carboxylic acids is 1. The molecule has 3 aromatic carbocycles. The molecule has 0 saturated heterocycles. The summed E-state index contributed by atoms with van der Waals surface area (Å²) in [6.45, 7) is 4.41. The summed E-state index contributed by atoms with van der Waals surface area (Å²) in [4.78, 5) is 36.8. The number of methoxy groups -OCH3 is 2. The first-order chi connectivity index (χ1) is 17.4. The fraction of sp³-hybridized carbons (Fsp3) is 0.192. The number of benzene rings is 3. The third-order valence-electron chi connectivity index (χ3n) is 5.51. The minimum Gasteiger partial charge on any atom is -0.507 e. The molecular formula is C26H24O11. The van der Waals surface area contributed by atoms with E-state index in [4.69, 9.17) is 24.1 Å². The molecule has 4 N–H and O–H groups in total. The zero-order valence-electron chi connectivity index (χ0n) is 20.5. The van der Waals surface area contributed by atoms with Gasteiger partial charge in [0.25, 0.3) is 0 Å². The van der Waals surface area contributed by atoms with Gasteiger partial charge in [0.05, 0.1) is 14.2 Å². The van der Waals surface area contributed by atoms with Crippen LogP contribution in [0.5, 0.6) is 40.2 Å². The quantitative estimate of drug-likeness (QED) is 0.268. The van der Waals surface area contributed by atoms with Crippen molar-refractivity contribution in [3.63, 3.8) is 0 Å². The maximum absolute atomic E-state index is 12.8. The Hall–Kier alpha value is -4.93. The van der Waals surface area contributed by atoms with Crippen LogP contribution >= 0.6 is 0 Å². The van der Waals surface area contributed by atoms with Gasteiger partial charge in [-0.2, -0.15) is 0 Å². The summed E-state index contributed by atoms with van der Waals surface area (Å²) in [5.74, 6) is -4.68. The normalized spacial score (nSPS) is 10.5. The van der Waals surface area contributed by atoms with E-state index in [1.807, 2.05) is 0 Å². The van der Waals surface area contributed by atoms with Crippen LogP contribution in [0.25, 0.3) is 0 Å². The number of aromatic carboxylic acids is 1. The Labute approximate surface area is 211 Å². The second-order valence-electron chi connectivity index (χ2n) is 7.98. The van der Waals surface area contributed by atoms with Crippen molar-refractivity contribution in [2.45, 2.75) is 20.8 Å². The number of carbonyl (C=O) groups is 3. The Morgan fingerprint density at radius 2 is 1.11 bits per heavy atom. The molecular weight excluding hydrogens is 488 g/mol. The van der Waals surface area contributed by atoms with E-state index in [9.17, 15) is 29.7 Å². The van der Waals surface area contributed by atoms with E-state index in [2.05, 4.69) is 0 Å². The van der Waals surface area contributed by atoms with Crippen molar-refractivity contribution in [1.29, 1.82) is 0 Å². The number of phenols is 3. The molecule has 0 aliphatic rings. The molecule has 0 aromatic heterocycles. The molecule has 0 fully saturated rings. The Kier molecular flexibility index (Phi) is 7.47. The van der Waals surface area contributed by atoms with Gasteiger partial charge in [0.1, 0.15) is 45.4 Å². The van der Waals surface area contributed by atoms with E-state index < -0.39 is 35.2 Å². The standard InChI is InChI=1S/C26H24O11/c1-11-6-14(8-16(27)20(11)24(30)31)36-25(32)21-12(2)7-15(9-17(21)28)37-26(33)22-13(3)23(35-5)19(34-4)10-18(22)29/h6-10,27-29H,1-5H3,(H,30,31). The van der Waals surface area contributed by atoms with Crippen LogP contribution in [-0.4, -0.2) is 52.6 Å². The Morgan fingerprint density at radius 3 is 1.54 bits per heavy atom. The van der Waals surface area contributed by atoms with Gasteiger partial charge in [-0.1, -0.05) is 0 Å². The van der Waals surface area contributed by atoms with Crippen LogP contribution in [0.4, 0.5) is 0 Å². The second-order valence-corrected chi connectivity index (χ2v) is 7.98. The molecule has 37 heavy (non-hydrogen) atoms. The van der Waals surface area contributed by atoms with Crippen LogP contribution in [0.3, 0.4) is 0 Å². The van der Waals surface area contributed by atoms with Crippen molar-refractivity contribution in [3.05, 3.63) is 63.7 Å². The summed E-state index contributed by atoms with van der Waals surface area (Å²) >= 11 is 0. The molecule has 194 valence electrons. The molecule has 0 heterocycles. The summed E-state index contributed by atoms with van der Waals surface area (Å²) in [7, 11) is 2.75. The smallest absolute Gasteiger partial charge is 0.347 e. The van der Waals surface area contributed by atoms with Gasteiger partial charge >= 0.3 is 17.9 Å². The average molecular weight is 512 g/mol. The Morgan fingerprint density at radius 1 is 0.649 bits per heavy atom. The molecule has 0 atom stereocenters. The maximum atomic E-state index is 12.8. The van der Waals surface area contributed by atoms with Crippen molar-refractivity contribution >= 4 is 17.9 Å². The van der Waals surface area contributed by atoms with E-state index in [1.54, 1.807) is 0 Å². The fourth-order valence-electron chi connectivity index (χ4n) is 3.87. The number of carbonyl (C=O) groups excluding carboxylic acids is 2. The minimum atomic E-state index is -1.34. The molecule has 0 aliphatic heterocycles. The van der Waals surface area contributed by atoms with E-state index >= 15 is 0 Å². The summed E-state index contributed by atoms with van der Waals surface area (Å²) in [5, 5.41) is 39.9. The van der Waals surface area contributed by atoms with Crippen molar-refractivity contribution in [2.24, 2.45) is 0 Å². The summed E-state index contributed by atoms with van der Waals surface area (Å²) in [5.41, 5.74) is -0.155. The molecule has 0 amide bonds. The van der Waals surface area contributed by atoms with Crippen LogP contribution in [-0.2, 0) is 0 Å². The third kappa shape index (κ3) is 5.20. The Bertz CT molecular complexity index is 1380. The first-order valence-corrected chi connectivity index (χ1v) is 10.7. The highest BCUT2D eigenvalue weighted by molar-refractivity contribution is 5.98. The number of phenolic OH excluding ortho intramolecular Hbond substituents is 2. The number of rotatable bonds is 7. The van der Waals surface area contributed by atoms with Crippen molar-refractivity contribution in [1.82, 2.24) is 0 Å². The molecule has 11 nitrogen and oxygen atoms in total. The van der Waals surface area contributed by atoms with Crippen molar-refractivity contribution < 1.29 is 53.8 Å². The predicted molar refractivity (Wildman–Crippen MR) is 129 cm³/mol. The van der Waals surface area contributed by atoms with Gasteiger partial charge in [-0.15, -0.1) is 0 Å². The third-order valence-corrected chi connectivity index (χ3v) is 5.51. The average Bonchev–Trinajstić information content (AvgIpc) is 2.77. The summed E-state index contributed by atoms with van der Waals surface area (Å²) in [6, 6.07) is 5.74. The molecule has 0 bridgehead atoms. The van der Waals surface area contributed by atoms with E-state index in [0.717, 1.165) is 12.1 Å². The van der Waals surface area contributed by atoms with Crippen molar-refractivity contribution in [2.75, 3.05) is 14.2 Å². The van der Waals surface area contributed by atoms with Gasteiger partial charge in [0.15, 0.2) is 11.5 Å². The van der Waals surface area contributed by atoms with Crippen LogP contribution in [0.1, 0.15) is 47.8 Å². The molecule has 0 saturated carbocycles. The first-order valence-electron chi connectivity index (χ1n) is 10.7. The van der Waals surface area contributed by atoms with Gasteiger partial charge < -0.3 is 39.4 Å². The second kappa shape index (κ2) is 10.4. The number of hydrogen-bond donors (Lipinski definition) is 4. The highest BCUT2D eigenvalue weighted by Crippen LogP contribution is 2.39. The van der Waals surface area contributed by atoms with E-state index in [1.165, 1.54) is 53.2 Å². The summed E-state index contributed by atoms with van der Waals surface area (Å²) < 4.78 is 20.9. The van der Waals surface area contributed by atoms with Crippen molar-refractivity contribution in [3.8, 4) is 40.2 Å². The SMILES string of the molecule is COc1cc(O)c(C(=O)Oc2cc(C)c(C(=O)Oc3cc(C)c(C(=O)O)c(O)c3)c(O)c2)c(C)c1OC. The topological polar surface area (TPSA) is 169 Å². The molecule has 11 heteroatoms. The zero-order chi connectivity index (χ0) is 27.6. The van der Waals surface area contributed by atoms with E-state index in [-0.39, 0.29) is 56.4 Å². The van der Waals surface area contributed by atoms with Gasteiger partial charge in [0.2, 0.25) is 0 Å². The van der Waals surface area contributed by atoms with Gasteiger partial charge in [-0.05, 0) is 44.0 Å². The molecule has 3 rings (SSSR count). The number of hydrogen-bond acceptors (Lipinski definition) is 10. The Balaban J connectivity index is 1.88. The van der Waals surface area contributed by atoms with E-state index in [0.29, 0.717) is 0 Å². The van der Waals surface area contributed by atoms with Gasteiger partial charge in [-0.3, -0.25) is 0 Å². The lowest BCUT2D eigenvalue weighted by Gasteiger charge is -2.16. The largest absolute Gasteiger partial charge is 0.507 e. The lowest BCUT2D eigenvalue weighted by atomic mass is 10.0. The van der Waals surface area contributed by atoms with Crippen LogP contribution in [0.15, 0.2) is 30.3 Å². The van der Waals surface area contributed by atoms with Crippen LogP contribution in [0.2, 0.25) is 0 Å². The number of esters is 2. The fourth-order valence-corrected chi connectivity index (χ4v) is 3.87. The number of ether oxygens (including phenoxy) is 4. The molecule has 3 aromatic rings. The lowest BCUT2D eigenvalue weighted by Crippen LogP contribution is -2.14. The maximum Gasteiger partial charge on any atom is 0.347 e. The van der Waals surface area contributed by atoms with Crippen LogP contribution < -0.4 is 18.9 Å². The monoisotopic (exact) mass is 512 g/mol. The predicted octanol–water partition coefficient (Wildman–Crippen LogP) is 3.88. The highest BCUT2D eigenvalue weighted by atomic mass is 16.5.